The normalized spacial score (nSPS) is 24.6. The molecule has 4 rings (SSSR count). The number of ether oxygens (including phenoxy) is 1. The number of rotatable bonds is 3. The minimum absolute atomic E-state index is 0.111. The molecule has 0 spiro atoms. The van der Waals surface area contributed by atoms with E-state index in [2.05, 4.69) is 5.92 Å². The Hall–Kier alpha value is -3.23. The van der Waals surface area contributed by atoms with E-state index in [4.69, 9.17) is 28.0 Å². The predicted octanol–water partition coefficient (Wildman–Crippen LogP) is 2.27. The van der Waals surface area contributed by atoms with Crippen LogP contribution in [0.2, 0.25) is 5.02 Å². The van der Waals surface area contributed by atoms with Crippen molar-refractivity contribution in [3.8, 4) is 18.4 Å². The lowest BCUT2D eigenvalue weighted by Crippen LogP contribution is -2.55. The second-order valence-electron chi connectivity index (χ2n) is 7.17. The topological polar surface area (TPSA) is 94.0 Å². The number of hydrogen-bond donors (Lipinski definition) is 0. The minimum Gasteiger partial charge on any atom is -0.448 e. The molecule has 0 saturated carbocycles. The number of nitrogens with zero attached hydrogens (tertiary/aromatic N) is 4. The monoisotopic (exact) mass is 412 g/mol. The van der Waals surface area contributed by atoms with Crippen LogP contribution in [-0.4, -0.2) is 59.1 Å². The van der Waals surface area contributed by atoms with E-state index in [1.54, 1.807) is 17.9 Å². The van der Waals surface area contributed by atoms with Gasteiger partial charge in [-0.05, 0) is 31.0 Å². The van der Waals surface area contributed by atoms with Crippen LogP contribution in [0.25, 0.3) is 0 Å². The zero-order chi connectivity index (χ0) is 20.9. The Balaban J connectivity index is 1.61. The molecule has 0 radical (unpaired) electrons. The van der Waals surface area contributed by atoms with Gasteiger partial charge in [-0.15, -0.1) is 12.3 Å². The molecule has 9 heteroatoms. The van der Waals surface area contributed by atoms with Gasteiger partial charge in [-0.25, -0.2) is 14.5 Å². The molecule has 3 aliphatic rings. The van der Waals surface area contributed by atoms with Gasteiger partial charge in [-0.1, -0.05) is 11.6 Å². The quantitative estimate of drug-likeness (QED) is 0.431. The summed E-state index contributed by atoms with van der Waals surface area (Å²) < 4.78 is 5.17. The average molecular weight is 413 g/mol. The number of halogens is 1. The third-order valence-corrected chi connectivity index (χ3v) is 6.18. The van der Waals surface area contributed by atoms with Crippen LogP contribution in [0.3, 0.4) is 0 Å². The molecule has 3 saturated heterocycles. The molecule has 2 bridgehead atoms. The first-order valence-corrected chi connectivity index (χ1v) is 9.50. The molecule has 0 N–H and O–H groups in total. The summed E-state index contributed by atoms with van der Waals surface area (Å²) in [5, 5.41) is 9.33. The first-order chi connectivity index (χ1) is 13.9. The van der Waals surface area contributed by atoms with E-state index < -0.39 is 30.1 Å². The molecule has 3 aliphatic heterocycles. The Morgan fingerprint density at radius 1 is 1.41 bits per heavy atom. The van der Waals surface area contributed by atoms with Crippen molar-refractivity contribution in [2.24, 2.45) is 0 Å². The van der Waals surface area contributed by atoms with Gasteiger partial charge in [0.25, 0.3) is 5.91 Å². The minimum atomic E-state index is -0.754. The second-order valence-corrected chi connectivity index (χ2v) is 7.55. The van der Waals surface area contributed by atoms with Crippen molar-refractivity contribution >= 4 is 35.3 Å². The van der Waals surface area contributed by atoms with Gasteiger partial charge in [0, 0.05) is 13.0 Å². The molecule has 1 unspecified atom stereocenters. The van der Waals surface area contributed by atoms with E-state index in [0.717, 1.165) is 4.90 Å². The highest BCUT2D eigenvalue weighted by molar-refractivity contribution is 6.33. The Morgan fingerprint density at radius 3 is 2.86 bits per heavy atom. The molecule has 0 aromatic heterocycles. The number of terminal acetylenes is 1. The molecular formula is C20H17ClN4O4. The summed E-state index contributed by atoms with van der Waals surface area (Å²) in [5.74, 6) is 1.99. The Labute approximate surface area is 172 Å². The first kappa shape index (κ1) is 19.1. The Kier molecular flexibility index (Phi) is 4.60. The van der Waals surface area contributed by atoms with E-state index in [1.165, 1.54) is 11.0 Å². The van der Waals surface area contributed by atoms with Crippen LogP contribution in [0.1, 0.15) is 24.0 Å². The summed E-state index contributed by atoms with van der Waals surface area (Å²) in [4.78, 5) is 42.8. The first-order valence-electron chi connectivity index (χ1n) is 9.13. The number of fused-ring (bicyclic) bond motifs is 5. The number of carbonyl (C=O) groups excluding carboxylic acids is 3. The molecule has 4 amide bonds. The molecule has 3 heterocycles. The maximum Gasteiger partial charge on any atom is 0.410 e. The third kappa shape index (κ3) is 2.72. The summed E-state index contributed by atoms with van der Waals surface area (Å²) in [7, 11) is 0. The molecule has 0 aliphatic carbocycles. The van der Waals surface area contributed by atoms with Crippen molar-refractivity contribution in [1.29, 1.82) is 5.26 Å². The second kappa shape index (κ2) is 6.98. The van der Waals surface area contributed by atoms with Crippen molar-refractivity contribution in [2.75, 3.05) is 18.1 Å². The van der Waals surface area contributed by atoms with Crippen molar-refractivity contribution < 1.29 is 19.1 Å². The number of carbonyl (C=O) groups is 3. The van der Waals surface area contributed by atoms with E-state index in [1.807, 2.05) is 6.07 Å². The smallest absolute Gasteiger partial charge is 0.410 e. The number of nitriles is 1. The number of benzene rings is 1. The van der Waals surface area contributed by atoms with Crippen molar-refractivity contribution in [2.45, 2.75) is 37.9 Å². The van der Waals surface area contributed by atoms with Crippen molar-refractivity contribution in [1.82, 2.24) is 9.80 Å². The van der Waals surface area contributed by atoms with Gasteiger partial charge in [0.1, 0.15) is 18.7 Å². The van der Waals surface area contributed by atoms with Gasteiger partial charge in [-0.2, -0.15) is 5.26 Å². The lowest BCUT2D eigenvalue weighted by Gasteiger charge is -2.34. The van der Waals surface area contributed by atoms with Crippen molar-refractivity contribution in [3.63, 3.8) is 0 Å². The lowest BCUT2D eigenvalue weighted by molar-refractivity contribution is -0.121. The zero-order valence-electron chi connectivity index (χ0n) is 15.6. The summed E-state index contributed by atoms with van der Waals surface area (Å²) in [5.41, 5.74) is 1.10. The van der Waals surface area contributed by atoms with E-state index in [9.17, 15) is 14.4 Å². The molecule has 8 nitrogen and oxygen atoms in total. The molecule has 29 heavy (non-hydrogen) atoms. The molecule has 3 fully saturated rings. The number of urea groups is 1. The molecule has 1 aromatic rings. The van der Waals surface area contributed by atoms with Gasteiger partial charge < -0.3 is 14.5 Å². The highest BCUT2D eigenvalue weighted by atomic mass is 35.5. The largest absolute Gasteiger partial charge is 0.448 e. The molecular weight excluding hydrogens is 396 g/mol. The summed E-state index contributed by atoms with van der Waals surface area (Å²) in [6, 6.07) is 3.14. The van der Waals surface area contributed by atoms with Gasteiger partial charge in [0.05, 0.1) is 28.4 Å². The number of imide groups is 1. The number of piperazine rings is 1. The van der Waals surface area contributed by atoms with Gasteiger partial charge in [-0.3, -0.25) is 4.79 Å². The fourth-order valence-electron chi connectivity index (χ4n) is 4.37. The standard InChI is InChI=1S/C20H17ClN4O4/c1-3-4-7-29-20(28)23-10-13-8-15(23)17-18(26)25(19(27)24(13)17)14-6-5-12(9-22)16(21)11(14)2/h1,5-6,13,15,17H,4,7-8,10H2,2H3/t13-,15?,17+/m1/s1. The Bertz CT molecular complexity index is 1010. The van der Waals surface area contributed by atoms with Crippen LogP contribution < -0.4 is 4.90 Å². The van der Waals surface area contributed by atoms with Crippen LogP contribution in [0.4, 0.5) is 15.3 Å². The number of amides is 4. The van der Waals surface area contributed by atoms with Crippen LogP contribution in [-0.2, 0) is 9.53 Å². The van der Waals surface area contributed by atoms with Crippen LogP contribution >= 0.6 is 11.6 Å². The van der Waals surface area contributed by atoms with Crippen molar-refractivity contribution in [3.05, 3.63) is 28.3 Å². The Morgan fingerprint density at radius 2 is 2.17 bits per heavy atom. The number of hydrogen-bond acceptors (Lipinski definition) is 5. The highest BCUT2D eigenvalue weighted by Gasteiger charge is 2.63. The highest BCUT2D eigenvalue weighted by Crippen LogP contribution is 2.43. The maximum absolute atomic E-state index is 13.2. The summed E-state index contributed by atoms with van der Waals surface area (Å²) in [6.07, 6.45) is 5.49. The van der Waals surface area contributed by atoms with Gasteiger partial charge >= 0.3 is 12.1 Å². The lowest BCUT2D eigenvalue weighted by atomic mass is 10.1. The summed E-state index contributed by atoms with van der Waals surface area (Å²) in [6.45, 7) is 2.09. The molecule has 148 valence electrons. The summed E-state index contributed by atoms with van der Waals surface area (Å²) >= 11 is 6.22. The van der Waals surface area contributed by atoms with E-state index >= 15 is 0 Å². The average Bonchev–Trinajstić information content (AvgIpc) is 3.36. The number of anilines is 1. The van der Waals surface area contributed by atoms with Crippen LogP contribution in [0, 0.1) is 30.6 Å². The van der Waals surface area contributed by atoms with Gasteiger partial charge in [0.2, 0.25) is 0 Å². The van der Waals surface area contributed by atoms with Gasteiger partial charge in [0.15, 0.2) is 0 Å². The predicted molar refractivity (Wildman–Crippen MR) is 103 cm³/mol. The SMILES string of the molecule is C#CCCOC(=O)N1C[C@H]2CC1[C@H]1C(=O)N(c3ccc(C#N)c(Cl)c3C)C(=O)N21. The molecule has 3 atom stereocenters. The fourth-order valence-corrected chi connectivity index (χ4v) is 4.57. The zero-order valence-corrected chi connectivity index (χ0v) is 16.3. The van der Waals surface area contributed by atoms with Crippen LogP contribution in [0.5, 0.6) is 0 Å². The van der Waals surface area contributed by atoms with E-state index in [-0.39, 0.29) is 23.2 Å². The molecule has 1 aromatic carbocycles. The van der Waals surface area contributed by atoms with Crippen LogP contribution in [0.15, 0.2) is 12.1 Å². The third-order valence-electron chi connectivity index (χ3n) is 5.69. The fraction of sp³-hybridized carbons (Fsp3) is 0.400. The van der Waals surface area contributed by atoms with E-state index in [0.29, 0.717) is 30.6 Å². The number of likely N-dealkylation sites (tertiary alicyclic amines) is 1. The maximum atomic E-state index is 13.2.